The van der Waals surface area contributed by atoms with Gasteiger partial charge in [-0.25, -0.2) is 0 Å². The molecule has 2 aromatic rings. The Morgan fingerprint density at radius 2 is 1.72 bits per heavy atom. The Labute approximate surface area is 185 Å². The van der Waals surface area contributed by atoms with Gasteiger partial charge in [0.05, 0.1) is 13.5 Å². The van der Waals surface area contributed by atoms with E-state index in [2.05, 4.69) is 15.6 Å². The van der Waals surface area contributed by atoms with Crippen molar-refractivity contribution in [1.29, 1.82) is 0 Å². The molecule has 0 unspecified atom stereocenters. The molecule has 0 bridgehead atoms. The standard InChI is InChI=1S/C20H24F3N3O2.HI/c1-24-19(25-11-10-20(21,22)23)26-13-16-8-9-17(18(12-16)27-2)28-14-15-6-4-3-5-7-15;/h3-9,12H,10-11,13-14H2,1-2H3,(H2,24,25,26);1H. The Morgan fingerprint density at radius 3 is 2.34 bits per heavy atom. The molecule has 0 radical (unpaired) electrons. The Balaban J connectivity index is 0.00000420. The number of alkyl halides is 3. The van der Waals surface area contributed by atoms with E-state index in [9.17, 15) is 13.2 Å². The molecule has 0 aliphatic carbocycles. The van der Waals surface area contributed by atoms with Crippen molar-refractivity contribution in [3.63, 3.8) is 0 Å². The highest BCUT2D eigenvalue weighted by Crippen LogP contribution is 2.28. The van der Waals surface area contributed by atoms with Crippen LogP contribution in [0.25, 0.3) is 0 Å². The van der Waals surface area contributed by atoms with Crippen LogP contribution >= 0.6 is 24.0 Å². The molecule has 0 amide bonds. The molecule has 0 aromatic heterocycles. The summed E-state index contributed by atoms with van der Waals surface area (Å²) in [5, 5.41) is 5.61. The third-order valence-electron chi connectivity index (χ3n) is 3.85. The van der Waals surface area contributed by atoms with Gasteiger partial charge in [-0.1, -0.05) is 36.4 Å². The third-order valence-corrected chi connectivity index (χ3v) is 3.85. The van der Waals surface area contributed by atoms with E-state index in [1.54, 1.807) is 13.2 Å². The van der Waals surface area contributed by atoms with Crippen LogP contribution in [-0.4, -0.2) is 32.8 Å². The van der Waals surface area contributed by atoms with Crippen LogP contribution in [0.2, 0.25) is 0 Å². The summed E-state index contributed by atoms with van der Waals surface area (Å²) >= 11 is 0. The van der Waals surface area contributed by atoms with E-state index in [0.29, 0.717) is 30.6 Å². The average molecular weight is 523 g/mol. The van der Waals surface area contributed by atoms with Gasteiger partial charge >= 0.3 is 6.18 Å². The Kier molecular flexibility index (Phi) is 10.6. The molecule has 0 heterocycles. The van der Waals surface area contributed by atoms with Gasteiger partial charge in [0, 0.05) is 20.1 Å². The van der Waals surface area contributed by atoms with Gasteiger partial charge in [-0.15, -0.1) is 24.0 Å². The number of rotatable bonds is 8. The van der Waals surface area contributed by atoms with Crippen LogP contribution in [0.4, 0.5) is 13.2 Å². The van der Waals surface area contributed by atoms with Crippen molar-refractivity contribution < 1.29 is 22.6 Å². The van der Waals surface area contributed by atoms with Gasteiger partial charge in [0.15, 0.2) is 17.5 Å². The first-order valence-electron chi connectivity index (χ1n) is 8.76. The number of guanidine groups is 1. The molecule has 2 rings (SSSR count). The van der Waals surface area contributed by atoms with Crippen LogP contribution < -0.4 is 20.1 Å². The molecule has 0 aliphatic heterocycles. The minimum Gasteiger partial charge on any atom is -0.493 e. The lowest BCUT2D eigenvalue weighted by molar-refractivity contribution is -0.132. The van der Waals surface area contributed by atoms with Gasteiger partial charge < -0.3 is 20.1 Å². The number of halogens is 4. The molecule has 160 valence electrons. The summed E-state index contributed by atoms with van der Waals surface area (Å²) in [4.78, 5) is 3.92. The van der Waals surface area contributed by atoms with Crippen molar-refractivity contribution in [2.75, 3.05) is 20.7 Å². The zero-order valence-electron chi connectivity index (χ0n) is 16.3. The molecule has 2 aromatic carbocycles. The van der Waals surface area contributed by atoms with Crippen LogP contribution in [-0.2, 0) is 13.2 Å². The summed E-state index contributed by atoms with van der Waals surface area (Å²) in [6.07, 6.45) is -5.12. The normalized spacial score (nSPS) is 11.4. The Morgan fingerprint density at radius 1 is 1.00 bits per heavy atom. The van der Waals surface area contributed by atoms with E-state index >= 15 is 0 Å². The first kappa shape index (κ1) is 24.9. The fraction of sp³-hybridized carbons (Fsp3) is 0.350. The maximum atomic E-state index is 12.2. The molecule has 0 spiro atoms. The summed E-state index contributed by atoms with van der Waals surface area (Å²) in [6, 6.07) is 15.3. The lowest BCUT2D eigenvalue weighted by atomic mass is 10.2. The second-order valence-corrected chi connectivity index (χ2v) is 5.98. The maximum Gasteiger partial charge on any atom is 0.390 e. The van der Waals surface area contributed by atoms with E-state index in [-0.39, 0.29) is 30.5 Å². The predicted octanol–water partition coefficient (Wildman–Crippen LogP) is 4.51. The predicted molar refractivity (Wildman–Crippen MR) is 118 cm³/mol. The number of hydrogen-bond donors (Lipinski definition) is 2. The van der Waals surface area contributed by atoms with Gasteiger partial charge in [-0.2, -0.15) is 13.2 Å². The molecule has 0 saturated heterocycles. The Hall–Kier alpha value is -2.17. The molecule has 0 saturated carbocycles. The van der Waals surface area contributed by atoms with Crippen LogP contribution in [0.1, 0.15) is 17.5 Å². The first-order valence-corrected chi connectivity index (χ1v) is 8.76. The first-order chi connectivity index (χ1) is 13.4. The van der Waals surface area contributed by atoms with Crippen molar-refractivity contribution in [3.05, 3.63) is 59.7 Å². The monoisotopic (exact) mass is 523 g/mol. The highest BCUT2D eigenvalue weighted by molar-refractivity contribution is 14.0. The summed E-state index contributed by atoms with van der Waals surface area (Å²) in [5.41, 5.74) is 1.92. The highest BCUT2D eigenvalue weighted by atomic mass is 127. The second-order valence-electron chi connectivity index (χ2n) is 5.98. The van der Waals surface area contributed by atoms with Gasteiger partial charge in [-0.05, 0) is 23.3 Å². The molecular formula is C20H25F3IN3O2. The number of benzene rings is 2. The molecule has 9 heteroatoms. The SMILES string of the molecule is CN=C(NCCC(F)(F)F)NCc1ccc(OCc2ccccc2)c(OC)c1.I. The minimum atomic E-state index is -4.20. The van der Waals surface area contributed by atoms with E-state index in [1.807, 2.05) is 42.5 Å². The second kappa shape index (κ2) is 12.4. The summed E-state index contributed by atoms with van der Waals surface area (Å²) in [5.74, 6) is 1.49. The van der Waals surface area contributed by atoms with Crippen LogP contribution in [0, 0.1) is 0 Å². The lowest BCUT2D eigenvalue weighted by Gasteiger charge is -2.15. The average Bonchev–Trinajstić information content (AvgIpc) is 2.69. The van der Waals surface area contributed by atoms with Crippen LogP contribution in [0.15, 0.2) is 53.5 Å². The van der Waals surface area contributed by atoms with Gasteiger partial charge in [-0.3, -0.25) is 4.99 Å². The van der Waals surface area contributed by atoms with Crippen molar-refractivity contribution >= 4 is 29.9 Å². The van der Waals surface area contributed by atoms with E-state index in [0.717, 1.165) is 11.1 Å². The van der Waals surface area contributed by atoms with Crippen molar-refractivity contribution in [1.82, 2.24) is 10.6 Å². The van der Waals surface area contributed by atoms with E-state index in [4.69, 9.17) is 9.47 Å². The van der Waals surface area contributed by atoms with Crippen molar-refractivity contribution in [3.8, 4) is 11.5 Å². The fourth-order valence-electron chi connectivity index (χ4n) is 2.41. The zero-order chi connectivity index (χ0) is 20.4. The maximum absolute atomic E-state index is 12.2. The van der Waals surface area contributed by atoms with Crippen LogP contribution in [0.5, 0.6) is 11.5 Å². The molecule has 0 fully saturated rings. The van der Waals surface area contributed by atoms with Gasteiger partial charge in [0.2, 0.25) is 0 Å². The molecule has 0 atom stereocenters. The quantitative estimate of drug-likeness (QED) is 0.304. The summed E-state index contributed by atoms with van der Waals surface area (Å²) in [6.45, 7) is 0.560. The van der Waals surface area contributed by atoms with Gasteiger partial charge in [0.1, 0.15) is 6.61 Å². The number of hydrogen-bond acceptors (Lipinski definition) is 3. The number of nitrogens with zero attached hydrogens (tertiary/aromatic N) is 1. The minimum absolute atomic E-state index is 0. The fourth-order valence-corrected chi connectivity index (χ4v) is 2.41. The van der Waals surface area contributed by atoms with Gasteiger partial charge in [0.25, 0.3) is 0 Å². The summed E-state index contributed by atoms with van der Waals surface area (Å²) in [7, 11) is 3.06. The number of methoxy groups -OCH3 is 1. The molecule has 29 heavy (non-hydrogen) atoms. The largest absolute Gasteiger partial charge is 0.493 e. The Bertz CT molecular complexity index is 771. The number of ether oxygens (including phenoxy) is 2. The molecule has 5 nitrogen and oxygen atoms in total. The van der Waals surface area contributed by atoms with E-state index < -0.39 is 12.6 Å². The smallest absolute Gasteiger partial charge is 0.390 e. The van der Waals surface area contributed by atoms with E-state index in [1.165, 1.54) is 7.05 Å². The molecule has 2 N–H and O–H groups in total. The van der Waals surface area contributed by atoms with Crippen molar-refractivity contribution in [2.24, 2.45) is 4.99 Å². The van der Waals surface area contributed by atoms with Crippen LogP contribution in [0.3, 0.4) is 0 Å². The molecule has 0 aliphatic rings. The number of aliphatic imine (C=N–C) groups is 1. The zero-order valence-corrected chi connectivity index (χ0v) is 18.6. The lowest BCUT2D eigenvalue weighted by Crippen LogP contribution is -2.38. The highest BCUT2D eigenvalue weighted by Gasteiger charge is 2.26. The van der Waals surface area contributed by atoms with Crippen molar-refractivity contribution in [2.45, 2.75) is 25.7 Å². The molecular weight excluding hydrogens is 498 g/mol. The third kappa shape index (κ3) is 9.25. The summed E-state index contributed by atoms with van der Waals surface area (Å²) < 4.78 is 47.9. The number of nitrogens with one attached hydrogen (secondary N) is 2. The topological polar surface area (TPSA) is 54.9 Å².